The van der Waals surface area contributed by atoms with Crippen LogP contribution in [-0.2, 0) is 4.79 Å². The molecule has 0 aliphatic rings. The molecule has 0 rings (SSSR count). The lowest BCUT2D eigenvalue weighted by atomic mass is 10.2. The van der Waals surface area contributed by atoms with Crippen LogP contribution in [0.2, 0.25) is 0 Å². The topological polar surface area (TPSA) is 61.4 Å². The summed E-state index contributed by atoms with van der Waals surface area (Å²) in [4.78, 5) is 11.2. The normalized spacial score (nSPS) is 12.5. The predicted molar refractivity (Wildman–Crippen MR) is 57.1 cm³/mol. The summed E-state index contributed by atoms with van der Waals surface area (Å²) in [5, 5.41) is 15.1. The zero-order valence-corrected chi connectivity index (χ0v) is 9.18. The summed E-state index contributed by atoms with van der Waals surface area (Å²) < 4.78 is 0. The summed E-state index contributed by atoms with van der Waals surface area (Å²) in [5.41, 5.74) is 0. The fraction of sp³-hybridized carbons (Fsp3) is 0.900. The highest BCUT2D eigenvalue weighted by molar-refractivity contribution is 5.76. The molecule has 0 aliphatic carbocycles. The fourth-order valence-electron chi connectivity index (χ4n) is 1.13. The van der Waals surface area contributed by atoms with Gasteiger partial charge in [-0.05, 0) is 13.0 Å². The maximum absolute atomic E-state index is 11.2. The molecule has 0 heterocycles. The lowest BCUT2D eigenvalue weighted by Crippen LogP contribution is -2.33. The van der Waals surface area contributed by atoms with E-state index in [0.29, 0.717) is 19.5 Å². The van der Waals surface area contributed by atoms with Gasteiger partial charge in [0.05, 0.1) is 6.10 Å². The van der Waals surface area contributed by atoms with Gasteiger partial charge in [-0.15, -0.1) is 0 Å². The minimum atomic E-state index is -0.400. The second kappa shape index (κ2) is 8.97. The van der Waals surface area contributed by atoms with E-state index >= 15 is 0 Å². The van der Waals surface area contributed by atoms with E-state index in [9.17, 15) is 9.90 Å². The molecule has 0 radical (unpaired) electrons. The molecule has 84 valence electrons. The van der Waals surface area contributed by atoms with Gasteiger partial charge in [0, 0.05) is 19.5 Å². The number of hydrogen-bond acceptors (Lipinski definition) is 3. The van der Waals surface area contributed by atoms with Crippen molar-refractivity contribution in [2.24, 2.45) is 0 Å². The summed E-state index contributed by atoms with van der Waals surface area (Å²) in [6.45, 7) is 5.97. The lowest BCUT2D eigenvalue weighted by molar-refractivity contribution is -0.121. The molecule has 1 unspecified atom stereocenters. The smallest absolute Gasteiger partial charge is 0.221 e. The molecule has 4 heteroatoms. The quantitative estimate of drug-likeness (QED) is 0.495. The second-order valence-electron chi connectivity index (χ2n) is 3.35. The van der Waals surface area contributed by atoms with Crippen molar-refractivity contribution in [2.75, 3.05) is 19.6 Å². The lowest BCUT2D eigenvalue weighted by Gasteiger charge is -2.10. The Hall–Kier alpha value is -0.610. The summed E-state index contributed by atoms with van der Waals surface area (Å²) >= 11 is 0. The first-order valence-corrected chi connectivity index (χ1v) is 5.36. The molecule has 0 bridgehead atoms. The van der Waals surface area contributed by atoms with E-state index in [1.807, 2.05) is 13.8 Å². The largest absolute Gasteiger partial charge is 0.391 e. The van der Waals surface area contributed by atoms with Gasteiger partial charge in [0.2, 0.25) is 5.91 Å². The van der Waals surface area contributed by atoms with E-state index in [2.05, 4.69) is 10.6 Å². The number of rotatable bonds is 8. The molecule has 0 saturated carbocycles. The minimum Gasteiger partial charge on any atom is -0.391 e. The third kappa shape index (κ3) is 8.01. The zero-order chi connectivity index (χ0) is 10.8. The highest BCUT2D eigenvalue weighted by Gasteiger charge is 2.05. The molecule has 0 aliphatic heterocycles. The number of nitrogens with one attached hydrogen (secondary N) is 2. The van der Waals surface area contributed by atoms with Gasteiger partial charge in [0.25, 0.3) is 0 Å². The van der Waals surface area contributed by atoms with Crippen molar-refractivity contribution in [3.63, 3.8) is 0 Å². The highest BCUT2D eigenvalue weighted by atomic mass is 16.3. The van der Waals surface area contributed by atoms with Crippen LogP contribution in [0.25, 0.3) is 0 Å². The number of hydrogen-bond donors (Lipinski definition) is 3. The first kappa shape index (κ1) is 13.4. The van der Waals surface area contributed by atoms with Gasteiger partial charge in [-0.2, -0.15) is 0 Å². The Labute approximate surface area is 86.1 Å². The number of aliphatic hydroxyl groups excluding tert-OH is 1. The monoisotopic (exact) mass is 202 g/mol. The van der Waals surface area contributed by atoms with Gasteiger partial charge in [0.1, 0.15) is 0 Å². The van der Waals surface area contributed by atoms with Crippen LogP contribution in [0.5, 0.6) is 0 Å². The van der Waals surface area contributed by atoms with Crippen molar-refractivity contribution in [2.45, 2.75) is 39.2 Å². The van der Waals surface area contributed by atoms with Gasteiger partial charge >= 0.3 is 0 Å². The van der Waals surface area contributed by atoms with Crippen LogP contribution in [0.4, 0.5) is 0 Å². The SMILES string of the molecule is CCCC(O)CNC(=O)CCNCC. The van der Waals surface area contributed by atoms with Crippen molar-refractivity contribution in [3.05, 3.63) is 0 Å². The molecule has 14 heavy (non-hydrogen) atoms. The third-order valence-corrected chi connectivity index (χ3v) is 1.94. The molecule has 0 saturated heterocycles. The van der Waals surface area contributed by atoms with Crippen LogP contribution >= 0.6 is 0 Å². The Morgan fingerprint density at radius 2 is 2.14 bits per heavy atom. The first-order chi connectivity index (χ1) is 6.70. The maximum Gasteiger partial charge on any atom is 0.221 e. The number of carbonyl (C=O) groups is 1. The van der Waals surface area contributed by atoms with E-state index in [0.717, 1.165) is 19.4 Å². The average molecular weight is 202 g/mol. The Bertz CT molecular complexity index is 151. The summed E-state index contributed by atoms with van der Waals surface area (Å²) in [6.07, 6.45) is 1.76. The molecular weight excluding hydrogens is 180 g/mol. The van der Waals surface area contributed by atoms with E-state index in [4.69, 9.17) is 0 Å². The molecule has 0 aromatic carbocycles. The first-order valence-electron chi connectivity index (χ1n) is 5.36. The van der Waals surface area contributed by atoms with E-state index < -0.39 is 6.10 Å². The number of aliphatic hydroxyl groups is 1. The molecule has 0 aromatic heterocycles. The summed E-state index contributed by atoms with van der Waals surface area (Å²) in [6, 6.07) is 0. The third-order valence-electron chi connectivity index (χ3n) is 1.94. The van der Waals surface area contributed by atoms with E-state index in [1.165, 1.54) is 0 Å². The molecule has 1 amide bonds. The van der Waals surface area contributed by atoms with Crippen molar-refractivity contribution in [1.29, 1.82) is 0 Å². The van der Waals surface area contributed by atoms with E-state index in [-0.39, 0.29) is 5.91 Å². The molecule has 1 atom stereocenters. The molecular formula is C10H22N2O2. The molecule has 4 nitrogen and oxygen atoms in total. The Morgan fingerprint density at radius 3 is 2.71 bits per heavy atom. The average Bonchev–Trinajstić information content (AvgIpc) is 2.16. The standard InChI is InChI=1S/C10H22N2O2/c1-3-5-9(13)8-12-10(14)6-7-11-4-2/h9,11,13H,3-8H2,1-2H3,(H,12,14). The van der Waals surface area contributed by atoms with Crippen LogP contribution in [-0.4, -0.2) is 36.8 Å². The van der Waals surface area contributed by atoms with Crippen molar-refractivity contribution in [3.8, 4) is 0 Å². The predicted octanol–water partition coefficient (Wildman–Crippen LogP) is 0.263. The van der Waals surface area contributed by atoms with Crippen LogP contribution in [0.1, 0.15) is 33.1 Å². The van der Waals surface area contributed by atoms with Crippen molar-refractivity contribution in [1.82, 2.24) is 10.6 Å². The van der Waals surface area contributed by atoms with Gasteiger partial charge in [0.15, 0.2) is 0 Å². The summed E-state index contributed by atoms with van der Waals surface area (Å²) in [7, 11) is 0. The van der Waals surface area contributed by atoms with Crippen molar-refractivity contribution < 1.29 is 9.90 Å². The van der Waals surface area contributed by atoms with Gasteiger partial charge in [-0.1, -0.05) is 20.3 Å². The highest BCUT2D eigenvalue weighted by Crippen LogP contribution is 1.93. The van der Waals surface area contributed by atoms with Crippen LogP contribution in [0.3, 0.4) is 0 Å². The van der Waals surface area contributed by atoms with Crippen LogP contribution < -0.4 is 10.6 Å². The molecule has 0 fully saturated rings. The number of amides is 1. The van der Waals surface area contributed by atoms with Crippen molar-refractivity contribution >= 4 is 5.91 Å². The number of carbonyl (C=O) groups excluding carboxylic acids is 1. The van der Waals surface area contributed by atoms with Crippen LogP contribution in [0.15, 0.2) is 0 Å². The molecule has 0 spiro atoms. The molecule has 3 N–H and O–H groups in total. The Kier molecular flexibility index (Phi) is 8.57. The van der Waals surface area contributed by atoms with Gasteiger partial charge < -0.3 is 15.7 Å². The Morgan fingerprint density at radius 1 is 1.43 bits per heavy atom. The second-order valence-corrected chi connectivity index (χ2v) is 3.35. The zero-order valence-electron chi connectivity index (χ0n) is 9.18. The Balaban J connectivity index is 3.34. The maximum atomic E-state index is 11.2. The summed E-state index contributed by atoms with van der Waals surface area (Å²) in [5.74, 6) is 0.00102. The van der Waals surface area contributed by atoms with Crippen LogP contribution in [0, 0.1) is 0 Å². The van der Waals surface area contributed by atoms with Gasteiger partial charge in [-0.25, -0.2) is 0 Å². The molecule has 0 aromatic rings. The fourth-order valence-corrected chi connectivity index (χ4v) is 1.13. The minimum absolute atomic E-state index is 0.00102. The van der Waals surface area contributed by atoms with E-state index in [1.54, 1.807) is 0 Å². The van der Waals surface area contributed by atoms with Gasteiger partial charge in [-0.3, -0.25) is 4.79 Å².